The van der Waals surface area contributed by atoms with Gasteiger partial charge in [-0.1, -0.05) is 4.68 Å². The first-order valence-electron chi connectivity index (χ1n) is 7.89. The van der Waals surface area contributed by atoms with Gasteiger partial charge in [-0.2, -0.15) is 13.2 Å². The first kappa shape index (κ1) is 23.6. The minimum Gasteiger partial charge on any atom is -0.542 e. The standard InChI is InChI=1S/C13H18N4O3P.C2HF3O2/c1-3-19-21(18,20-4-2)11-17-8-6-12(9-16-17)13-5-7-14-10-15-13;3-2(4,5)1(6)7/h5-10H,3-4,11H2,1-2H3;(H,6,7)/q+1;/p-1. The van der Waals surface area contributed by atoms with E-state index in [0.717, 1.165) is 11.3 Å². The number of hydrogen-bond donors (Lipinski definition) is 0. The number of nitrogens with zero attached hydrogens (tertiary/aromatic N) is 4. The van der Waals surface area contributed by atoms with Gasteiger partial charge in [-0.15, -0.1) is 0 Å². The number of carboxylic acid groups (broad SMARTS) is 1. The zero-order valence-electron chi connectivity index (χ0n) is 15.0. The molecule has 0 aliphatic heterocycles. The summed E-state index contributed by atoms with van der Waals surface area (Å²) in [5.74, 6) is -3.01. The molecular formula is C15H18F3N4O5P. The molecule has 13 heteroatoms. The molecule has 0 unspecified atom stereocenters. The van der Waals surface area contributed by atoms with Gasteiger partial charge >= 0.3 is 13.8 Å². The van der Waals surface area contributed by atoms with E-state index < -0.39 is 19.7 Å². The van der Waals surface area contributed by atoms with Crippen molar-refractivity contribution in [2.75, 3.05) is 13.2 Å². The van der Waals surface area contributed by atoms with Crippen LogP contribution in [-0.4, -0.2) is 40.4 Å². The Labute approximate surface area is 158 Å². The highest BCUT2D eigenvalue weighted by Crippen LogP contribution is 2.47. The van der Waals surface area contributed by atoms with E-state index in [2.05, 4.69) is 15.1 Å². The Morgan fingerprint density at radius 2 is 1.86 bits per heavy atom. The summed E-state index contributed by atoms with van der Waals surface area (Å²) >= 11 is 0. The second-order valence-corrected chi connectivity index (χ2v) is 6.94. The van der Waals surface area contributed by atoms with Crippen molar-refractivity contribution in [3.05, 3.63) is 37.1 Å². The SMILES string of the molecule is CCOP(=O)(C[n+]1ccc(-c2ccncn2)cn1)OCC.O=C([O-])C(F)(F)F. The van der Waals surface area contributed by atoms with E-state index in [1.807, 2.05) is 6.07 Å². The van der Waals surface area contributed by atoms with Gasteiger partial charge in [-0.25, -0.2) is 9.97 Å². The molecule has 28 heavy (non-hydrogen) atoms. The lowest BCUT2D eigenvalue weighted by molar-refractivity contribution is -0.738. The summed E-state index contributed by atoms with van der Waals surface area (Å²) in [6.07, 6.45) is 1.42. The van der Waals surface area contributed by atoms with E-state index in [4.69, 9.17) is 18.9 Å². The van der Waals surface area contributed by atoms with E-state index in [1.165, 1.54) is 11.0 Å². The van der Waals surface area contributed by atoms with Gasteiger partial charge in [-0.05, 0) is 25.0 Å². The lowest BCUT2D eigenvalue weighted by Gasteiger charge is -2.12. The fraction of sp³-hybridized carbons (Fsp3) is 0.400. The number of rotatable bonds is 7. The zero-order chi connectivity index (χ0) is 21.2. The first-order valence-corrected chi connectivity index (χ1v) is 9.62. The van der Waals surface area contributed by atoms with Crippen molar-refractivity contribution in [1.29, 1.82) is 0 Å². The molecule has 0 saturated carbocycles. The van der Waals surface area contributed by atoms with Crippen LogP contribution in [0.15, 0.2) is 37.1 Å². The molecule has 2 rings (SSSR count). The molecule has 0 aliphatic rings. The molecule has 0 fully saturated rings. The van der Waals surface area contributed by atoms with E-state index in [1.54, 1.807) is 38.5 Å². The van der Waals surface area contributed by atoms with Gasteiger partial charge in [-0.3, -0.25) is 4.57 Å². The average molecular weight is 422 g/mol. The van der Waals surface area contributed by atoms with E-state index in [9.17, 15) is 17.7 Å². The monoisotopic (exact) mass is 422 g/mol. The van der Waals surface area contributed by atoms with Crippen LogP contribution in [0.4, 0.5) is 13.2 Å². The van der Waals surface area contributed by atoms with Gasteiger partial charge in [0.25, 0.3) is 6.29 Å². The minimum absolute atomic E-state index is 0.0821. The van der Waals surface area contributed by atoms with Gasteiger partial charge in [0.05, 0.1) is 18.9 Å². The van der Waals surface area contributed by atoms with Crippen LogP contribution in [0.25, 0.3) is 11.3 Å². The van der Waals surface area contributed by atoms with Crippen LogP contribution in [0.1, 0.15) is 13.8 Å². The first-order chi connectivity index (χ1) is 13.1. The topological polar surface area (TPSA) is 118 Å². The minimum atomic E-state index is -5.19. The summed E-state index contributed by atoms with van der Waals surface area (Å²) in [7, 11) is -3.15. The van der Waals surface area contributed by atoms with Crippen LogP contribution in [-0.2, 0) is 24.7 Å². The predicted octanol–water partition coefficient (Wildman–Crippen LogP) is 1.35. The Hall–Kier alpha value is -2.43. The average Bonchev–Trinajstić information content (AvgIpc) is 2.63. The molecule has 0 atom stereocenters. The maximum Gasteiger partial charge on any atom is 0.430 e. The molecule has 0 spiro atoms. The molecular weight excluding hydrogens is 404 g/mol. The Kier molecular flexibility index (Phi) is 9.10. The molecule has 0 bridgehead atoms. The second-order valence-electron chi connectivity index (χ2n) is 4.92. The Balaban J connectivity index is 0.000000480. The number of hydrogen-bond acceptors (Lipinski definition) is 8. The summed E-state index contributed by atoms with van der Waals surface area (Å²) in [5.41, 5.74) is 1.64. The number of carboxylic acids is 1. The van der Waals surface area contributed by atoms with E-state index in [-0.39, 0.29) is 6.29 Å². The number of alkyl halides is 3. The fourth-order valence-electron chi connectivity index (χ4n) is 1.77. The van der Waals surface area contributed by atoms with Crippen molar-refractivity contribution in [1.82, 2.24) is 15.1 Å². The van der Waals surface area contributed by atoms with Crippen molar-refractivity contribution in [2.24, 2.45) is 0 Å². The Bertz CT molecular complexity index is 781. The lowest BCUT2D eigenvalue weighted by Crippen LogP contribution is -2.37. The zero-order valence-corrected chi connectivity index (χ0v) is 15.9. The maximum absolute atomic E-state index is 12.4. The van der Waals surface area contributed by atoms with E-state index >= 15 is 0 Å². The van der Waals surface area contributed by atoms with E-state index in [0.29, 0.717) is 13.2 Å². The third kappa shape index (κ3) is 8.07. The number of halogens is 3. The van der Waals surface area contributed by atoms with Gasteiger partial charge in [0.1, 0.15) is 18.5 Å². The summed E-state index contributed by atoms with van der Waals surface area (Å²) in [6.45, 7) is 4.22. The second kappa shape index (κ2) is 10.8. The molecule has 2 aromatic heterocycles. The highest BCUT2D eigenvalue weighted by Gasteiger charge is 2.30. The van der Waals surface area contributed by atoms with Crippen LogP contribution >= 0.6 is 7.60 Å². The lowest BCUT2D eigenvalue weighted by atomic mass is 10.2. The quantitative estimate of drug-likeness (QED) is 0.485. The molecule has 2 heterocycles. The Morgan fingerprint density at radius 1 is 1.25 bits per heavy atom. The third-order valence-electron chi connectivity index (χ3n) is 2.85. The van der Waals surface area contributed by atoms with Crippen molar-refractivity contribution in [3.8, 4) is 11.3 Å². The number of carbonyl (C=O) groups excluding carboxylic acids is 1. The van der Waals surface area contributed by atoms with Crippen LogP contribution < -0.4 is 9.79 Å². The molecule has 0 N–H and O–H groups in total. The molecule has 0 radical (unpaired) electrons. The summed E-state index contributed by atoms with van der Waals surface area (Å²) in [6, 6.07) is 3.64. The van der Waals surface area contributed by atoms with Crippen LogP contribution in [0, 0.1) is 0 Å². The van der Waals surface area contributed by atoms with Crippen molar-refractivity contribution < 1.29 is 41.4 Å². The normalized spacial score (nSPS) is 11.5. The molecule has 2 aromatic rings. The van der Waals surface area contributed by atoms with Crippen molar-refractivity contribution in [3.63, 3.8) is 0 Å². The summed E-state index contributed by atoms with van der Waals surface area (Å²) in [5, 5.41) is 13.0. The highest BCUT2D eigenvalue weighted by atomic mass is 31.2. The highest BCUT2D eigenvalue weighted by molar-refractivity contribution is 7.52. The van der Waals surface area contributed by atoms with Crippen LogP contribution in [0.2, 0.25) is 0 Å². The molecule has 0 amide bonds. The molecule has 154 valence electrons. The van der Waals surface area contributed by atoms with Crippen LogP contribution in [0.3, 0.4) is 0 Å². The van der Waals surface area contributed by atoms with Gasteiger partial charge in [0.15, 0.2) is 6.20 Å². The maximum atomic E-state index is 12.4. The number of aliphatic carboxylic acids is 1. The molecule has 0 saturated heterocycles. The Morgan fingerprint density at radius 3 is 2.25 bits per heavy atom. The number of carbonyl (C=O) groups is 1. The fourth-order valence-corrected chi connectivity index (χ4v) is 3.32. The smallest absolute Gasteiger partial charge is 0.430 e. The molecule has 0 aromatic carbocycles. The third-order valence-corrected chi connectivity index (χ3v) is 4.79. The van der Waals surface area contributed by atoms with Gasteiger partial charge < -0.3 is 18.9 Å². The number of aromatic nitrogens is 4. The predicted molar refractivity (Wildman–Crippen MR) is 87.4 cm³/mol. The molecule has 0 aliphatic carbocycles. The van der Waals surface area contributed by atoms with Gasteiger partial charge in [0, 0.05) is 17.8 Å². The molecule has 9 nitrogen and oxygen atoms in total. The summed E-state index contributed by atoms with van der Waals surface area (Å²) < 4.78 is 56.0. The van der Waals surface area contributed by atoms with Gasteiger partial charge in [0.2, 0.25) is 0 Å². The summed E-state index contributed by atoms with van der Waals surface area (Å²) in [4.78, 5) is 16.8. The van der Waals surface area contributed by atoms with Crippen molar-refractivity contribution >= 4 is 13.6 Å². The van der Waals surface area contributed by atoms with Crippen molar-refractivity contribution in [2.45, 2.75) is 26.3 Å². The van der Waals surface area contributed by atoms with Crippen LogP contribution in [0.5, 0.6) is 0 Å². The largest absolute Gasteiger partial charge is 0.542 e.